The van der Waals surface area contributed by atoms with Crippen molar-refractivity contribution in [2.45, 2.75) is 50.0 Å². The minimum absolute atomic E-state index is 0.0292. The molecule has 2 atom stereocenters. The monoisotopic (exact) mass is 486 g/mol. The first kappa shape index (κ1) is 24.6. The fourth-order valence-electron chi connectivity index (χ4n) is 4.92. The first-order valence-corrected chi connectivity index (χ1v) is 11.7. The van der Waals surface area contributed by atoms with E-state index in [2.05, 4.69) is 10.6 Å². The molecule has 1 fully saturated rings. The molecule has 1 saturated carbocycles. The molecule has 0 radical (unpaired) electrons. The van der Waals surface area contributed by atoms with Gasteiger partial charge in [-0.1, -0.05) is 48.5 Å². The maximum atomic E-state index is 13.9. The molecule has 2 amide bonds. The number of alkyl carbamates (subject to hydrolysis) is 1. The van der Waals surface area contributed by atoms with Gasteiger partial charge < -0.3 is 20.5 Å². The standard InChI is InChI=1S/C26H28F2N2O5/c27-26(28)13-5-6-16(26)14-29-24(33)22(11-12-23(31)32)30-25(34)35-15-21-19-9-3-1-7-17(19)18-8-2-4-10-20(18)21/h1-4,7-10,16,21-22H,5-6,11-15H2,(H,29,33)(H,30,34)(H,31,32). The number of rotatable bonds is 9. The molecule has 186 valence electrons. The summed E-state index contributed by atoms with van der Waals surface area (Å²) < 4.78 is 33.2. The van der Waals surface area contributed by atoms with Gasteiger partial charge >= 0.3 is 12.1 Å². The molecule has 4 rings (SSSR count). The van der Waals surface area contributed by atoms with Crippen molar-refractivity contribution in [3.63, 3.8) is 0 Å². The van der Waals surface area contributed by atoms with E-state index in [0.29, 0.717) is 12.8 Å². The summed E-state index contributed by atoms with van der Waals surface area (Å²) in [5.74, 6) is -5.84. The Bertz CT molecular complexity index is 1060. The number of benzene rings is 2. The van der Waals surface area contributed by atoms with E-state index in [1.165, 1.54) is 0 Å². The first-order valence-electron chi connectivity index (χ1n) is 11.7. The number of fused-ring (bicyclic) bond motifs is 3. The van der Waals surface area contributed by atoms with Crippen LogP contribution in [-0.4, -0.2) is 48.2 Å². The Balaban J connectivity index is 1.37. The largest absolute Gasteiger partial charge is 0.481 e. The first-order chi connectivity index (χ1) is 16.8. The Kier molecular flexibility index (Phi) is 7.33. The zero-order valence-electron chi connectivity index (χ0n) is 19.1. The van der Waals surface area contributed by atoms with Crippen LogP contribution in [0, 0.1) is 5.92 Å². The number of carbonyl (C=O) groups excluding carboxylic acids is 2. The van der Waals surface area contributed by atoms with E-state index < -0.39 is 35.9 Å². The maximum absolute atomic E-state index is 13.9. The highest BCUT2D eigenvalue weighted by Crippen LogP contribution is 2.44. The molecule has 2 aromatic carbocycles. The predicted octanol–water partition coefficient (Wildman–Crippen LogP) is 4.31. The number of carboxylic acid groups (broad SMARTS) is 1. The number of carboxylic acids is 1. The third kappa shape index (κ3) is 5.61. The Morgan fingerprint density at radius 3 is 2.26 bits per heavy atom. The molecule has 9 heteroatoms. The molecule has 0 aromatic heterocycles. The van der Waals surface area contributed by atoms with E-state index in [1.54, 1.807) is 0 Å². The summed E-state index contributed by atoms with van der Waals surface area (Å²) in [7, 11) is 0. The lowest BCUT2D eigenvalue weighted by Crippen LogP contribution is -2.49. The predicted molar refractivity (Wildman–Crippen MR) is 124 cm³/mol. The minimum Gasteiger partial charge on any atom is -0.481 e. The Labute approximate surface area is 201 Å². The highest BCUT2D eigenvalue weighted by molar-refractivity contribution is 5.86. The van der Waals surface area contributed by atoms with Gasteiger partial charge in [0.25, 0.3) is 5.92 Å². The van der Waals surface area contributed by atoms with Crippen molar-refractivity contribution in [1.82, 2.24) is 10.6 Å². The van der Waals surface area contributed by atoms with Gasteiger partial charge in [0.2, 0.25) is 5.91 Å². The number of amides is 2. The van der Waals surface area contributed by atoms with Crippen molar-refractivity contribution in [3.8, 4) is 11.1 Å². The number of carbonyl (C=O) groups is 3. The van der Waals surface area contributed by atoms with Gasteiger partial charge in [0, 0.05) is 31.2 Å². The lowest BCUT2D eigenvalue weighted by atomic mass is 9.98. The molecule has 0 heterocycles. The molecular formula is C26H28F2N2O5. The van der Waals surface area contributed by atoms with Crippen LogP contribution >= 0.6 is 0 Å². The molecule has 2 aromatic rings. The van der Waals surface area contributed by atoms with Crippen LogP contribution in [-0.2, 0) is 14.3 Å². The fourth-order valence-corrected chi connectivity index (χ4v) is 4.92. The topological polar surface area (TPSA) is 105 Å². The smallest absolute Gasteiger partial charge is 0.407 e. The zero-order chi connectivity index (χ0) is 25.0. The molecule has 7 nitrogen and oxygen atoms in total. The van der Waals surface area contributed by atoms with E-state index in [1.807, 2.05) is 48.5 Å². The van der Waals surface area contributed by atoms with Crippen LogP contribution in [0.1, 0.15) is 49.1 Å². The van der Waals surface area contributed by atoms with Crippen LogP contribution in [0.4, 0.5) is 13.6 Å². The summed E-state index contributed by atoms with van der Waals surface area (Å²) in [6, 6.07) is 14.5. The molecule has 35 heavy (non-hydrogen) atoms. The molecule has 2 aliphatic carbocycles. The number of ether oxygens (including phenoxy) is 1. The molecule has 3 N–H and O–H groups in total. The van der Waals surface area contributed by atoms with Crippen molar-refractivity contribution in [2.75, 3.05) is 13.2 Å². The van der Waals surface area contributed by atoms with Crippen LogP contribution in [0.5, 0.6) is 0 Å². The van der Waals surface area contributed by atoms with Gasteiger partial charge in [-0.05, 0) is 41.5 Å². The molecule has 2 aliphatic rings. The summed E-state index contributed by atoms with van der Waals surface area (Å²) in [4.78, 5) is 36.2. The van der Waals surface area contributed by atoms with Gasteiger partial charge in [-0.25, -0.2) is 13.6 Å². The zero-order valence-corrected chi connectivity index (χ0v) is 19.1. The molecule has 2 unspecified atom stereocenters. The van der Waals surface area contributed by atoms with Gasteiger partial charge in [0.1, 0.15) is 12.6 Å². The van der Waals surface area contributed by atoms with Crippen LogP contribution < -0.4 is 10.6 Å². The van der Waals surface area contributed by atoms with E-state index in [-0.39, 0.29) is 38.3 Å². The van der Waals surface area contributed by atoms with Crippen LogP contribution in [0.2, 0.25) is 0 Å². The van der Waals surface area contributed by atoms with E-state index in [0.717, 1.165) is 22.3 Å². The lowest BCUT2D eigenvalue weighted by molar-refractivity contribution is -0.137. The molecule has 0 bridgehead atoms. The van der Waals surface area contributed by atoms with Crippen molar-refractivity contribution in [1.29, 1.82) is 0 Å². The van der Waals surface area contributed by atoms with Gasteiger partial charge in [-0.2, -0.15) is 0 Å². The molecule has 0 aliphatic heterocycles. The second-order valence-corrected chi connectivity index (χ2v) is 9.05. The summed E-state index contributed by atoms with van der Waals surface area (Å²) in [5.41, 5.74) is 4.19. The number of hydrogen-bond donors (Lipinski definition) is 3. The Hall–Kier alpha value is -3.49. The van der Waals surface area contributed by atoms with E-state index >= 15 is 0 Å². The summed E-state index contributed by atoms with van der Waals surface area (Å²) >= 11 is 0. The lowest BCUT2D eigenvalue weighted by Gasteiger charge is -2.22. The Morgan fingerprint density at radius 1 is 1.06 bits per heavy atom. The van der Waals surface area contributed by atoms with Crippen molar-refractivity contribution in [3.05, 3.63) is 59.7 Å². The third-order valence-electron chi connectivity index (χ3n) is 6.78. The van der Waals surface area contributed by atoms with E-state index in [4.69, 9.17) is 9.84 Å². The third-order valence-corrected chi connectivity index (χ3v) is 6.78. The second kappa shape index (κ2) is 10.4. The SMILES string of the molecule is O=C(O)CCC(NC(=O)OCC1c2ccccc2-c2ccccc21)C(=O)NCC1CCCC1(F)F. The molecule has 0 saturated heterocycles. The number of nitrogens with one attached hydrogen (secondary N) is 2. The fraction of sp³-hybridized carbons (Fsp3) is 0.423. The van der Waals surface area contributed by atoms with Crippen molar-refractivity contribution < 1.29 is 33.0 Å². The normalized spacial score (nSPS) is 18.9. The number of alkyl halides is 2. The quantitative estimate of drug-likeness (QED) is 0.490. The van der Waals surface area contributed by atoms with Gasteiger partial charge in [0.15, 0.2) is 0 Å². The van der Waals surface area contributed by atoms with Crippen LogP contribution in [0.15, 0.2) is 48.5 Å². The maximum Gasteiger partial charge on any atom is 0.407 e. The average Bonchev–Trinajstić information content (AvgIpc) is 3.34. The van der Waals surface area contributed by atoms with E-state index in [9.17, 15) is 23.2 Å². The summed E-state index contributed by atoms with van der Waals surface area (Å²) in [5, 5.41) is 13.9. The molecular weight excluding hydrogens is 458 g/mol. The van der Waals surface area contributed by atoms with Crippen molar-refractivity contribution >= 4 is 18.0 Å². The second-order valence-electron chi connectivity index (χ2n) is 9.05. The van der Waals surface area contributed by atoms with Crippen molar-refractivity contribution in [2.24, 2.45) is 5.92 Å². The number of halogens is 2. The van der Waals surface area contributed by atoms with Crippen LogP contribution in [0.25, 0.3) is 11.1 Å². The summed E-state index contributed by atoms with van der Waals surface area (Å²) in [6.07, 6.45) is -0.966. The van der Waals surface area contributed by atoms with Crippen LogP contribution in [0.3, 0.4) is 0 Å². The molecule has 0 spiro atoms. The summed E-state index contributed by atoms with van der Waals surface area (Å²) in [6.45, 7) is -0.205. The highest BCUT2D eigenvalue weighted by Gasteiger charge is 2.43. The number of aliphatic carboxylic acids is 1. The Morgan fingerprint density at radius 2 is 1.69 bits per heavy atom. The number of hydrogen-bond acceptors (Lipinski definition) is 4. The highest BCUT2D eigenvalue weighted by atomic mass is 19.3. The average molecular weight is 487 g/mol. The van der Waals surface area contributed by atoms with Gasteiger partial charge in [-0.15, -0.1) is 0 Å². The van der Waals surface area contributed by atoms with Gasteiger partial charge in [-0.3, -0.25) is 9.59 Å². The minimum atomic E-state index is -2.84. The van der Waals surface area contributed by atoms with Gasteiger partial charge in [0.05, 0.1) is 0 Å².